The molecule has 1 amide bonds. The summed E-state index contributed by atoms with van der Waals surface area (Å²) in [5.74, 6) is -0.451. The molecule has 0 aliphatic carbocycles. The highest BCUT2D eigenvalue weighted by atomic mass is 79.9. The van der Waals surface area contributed by atoms with Crippen molar-refractivity contribution in [2.45, 2.75) is 6.54 Å². The Morgan fingerprint density at radius 2 is 1.77 bits per heavy atom. The van der Waals surface area contributed by atoms with Crippen LogP contribution in [0.4, 0.5) is 5.69 Å². The van der Waals surface area contributed by atoms with Crippen LogP contribution in [-0.2, 0) is 11.3 Å². The number of nitriles is 1. The lowest BCUT2D eigenvalue weighted by molar-refractivity contribution is -0.112. The zero-order valence-electron chi connectivity index (χ0n) is 16.3. The van der Waals surface area contributed by atoms with Crippen LogP contribution in [0.2, 0.25) is 5.02 Å². The van der Waals surface area contributed by atoms with Crippen molar-refractivity contribution in [2.24, 2.45) is 0 Å². The van der Waals surface area contributed by atoms with Crippen molar-refractivity contribution in [2.75, 3.05) is 5.32 Å². The molecule has 0 aliphatic rings. The van der Waals surface area contributed by atoms with E-state index in [0.29, 0.717) is 17.3 Å². The first kappa shape index (κ1) is 20.9. The van der Waals surface area contributed by atoms with Gasteiger partial charge in [0.1, 0.15) is 11.6 Å². The number of hydrogen-bond donors (Lipinski definition) is 1. The minimum Gasteiger partial charge on any atom is -0.342 e. The van der Waals surface area contributed by atoms with Crippen LogP contribution in [0, 0.1) is 11.3 Å². The molecule has 4 nitrogen and oxygen atoms in total. The van der Waals surface area contributed by atoms with Crippen molar-refractivity contribution >= 4 is 56.1 Å². The van der Waals surface area contributed by atoms with Crippen molar-refractivity contribution in [3.63, 3.8) is 0 Å². The summed E-state index contributed by atoms with van der Waals surface area (Å²) in [6.07, 6.45) is 3.57. The Bertz CT molecular complexity index is 1330. The summed E-state index contributed by atoms with van der Waals surface area (Å²) in [5, 5.41) is 14.0. The van der Waals surface area contributed by atoms with Gasteiger partial charge in [-0.25, -0.2) is 0 Å². The van der Waals surface area contributed by atoms with Crippen LogP contribution < -0.4 is 5.32 Å². The lowest BCUT2D eigenvalue weighted by Crippen LogP contribution is -2.13. The van der Waals surface area contributed by atoms with E-state index in [1.165, 1.54) is 0 Å². The van der Waals surface area contributed by atoms with Gasteiger partial charge in [0, 0.05) is 44.4 Å². The van der Waals surface area contributed by atoms with Gasteiger partial charge in [-0.3, -0.25) is 4.79 Å². The van der Waals surface area contributed by atoms with Gasteiger partial charge in [-0.2, -0.15) is 5.26 Å². The summed E-state index contributed by atoms with van der Waals surface area (Å²) in [6.45, 7) is 0.584. The molecule has 0 saturated heterocycles. The monoisotopic (exact) mass is 489 g/mol. The number of para-hydroxylation sites is 1. The lowest BCUT2D eigenvalue weighted by atomic mass is 10.1. The van der Waals surface area contributed by atoms with Gasteiger partial charge in [0.2, 0.25) is 0 Å². The average molecular weight is 491 g/mol. The molecule has 4 rings (SSSR count). The number of nitrogens with zero attached hydrogens (tertiary/aromatic N) is 2. The summed E-state index contributed by atoms with van der Waals surface area (Å²) >= 11 is 9.71. The highest BCUT2D eigenvalue weighted by molar-refractivity contribution is 9.10. The fourth-order valence-electron chi connectivity index (χ4n) is 3.37. The summed E-state index contributed by atoms with van der Waals surface area (Å²) in [5.41, 5.74) is 3.44. The zero-order chi connectivity index (χ0) is 21.8. The number of halogens is 2. The molecule has 0 bridgehead atoms. The van der Waals surface area contributed by atoms with Crippen LogP contribution in [0.15, 0.2) is 89.0 Å². The molecule has 1 N–H and O–H groups in total. The Labute approximate surface area is 193 Å². The van der Waals surface area contributed by atoms with E-state index in [1.807, 2.05) is 72.9 Å². The van der Waals surface area contributed by atoms with Gasteiger partial charge in [0.15, 0.2) is 0 Å². The minimum absolute atomic E-state index is 0.0311. The van der Waals surface area contributed by atoms with E-state index >= 15 is 0 Å². The Morgan fingerprint density at radius 3 is 2.52 bits per heavy atom. The molecule has 4 aromatic rings. The topological polar surface area (TPSA) is 57.8 Å². The molecule has 0 saturated carbocycles. The van der Waals surface area contributed by atoms with Crippen LogP contribution in [0.25, 0.3) is 17.0 Å². The zero-order valence-corrected chi connectivity index (χ0v) is 18.7. The molecule has 0 unspecified atom stereocenters. The summed E-state index contributed by atoms with van der Waals surface area (Å²) < 4.78 is 2.98. The number of anilines is 1. The lowest BCUT2D eigenvalue weighted by Gasteiger charge is -2.07. The molecule has 1 heterocycles. The molecule has 0 radical (unpaired) electrons. The number of fused-ring (bicyclic) bond motifs is 1. The normalized spacial score (nSPS) is 11.3. The van der Waals surface area contributed by atoms with Gasteiger partial charge in [0.05, 0.1) is 0 Å². The van der Waals surface area contributed by atoms with Crippen molar-refractivity contribution in [1.82, 2.24) is 4.57 Å². The molecule has 0 fully saturated rings. The van der Waals surface area contributed by atoms with Gasteiger partial charge >= 0.3 is 0 Å². The largest absolute Gasteiger partial charge is 0.342 e. The number of carbonyl (C=O) groups is 1. The third kappa shape index (κ3) is 4.72. The molecule has 0 spiro atoms. The fraction of sp³-hybridized carbons (Fsp3) is 0.0400. The van der Waals surface area contributed by atoms with Gasteiger partial charge in [0.25, 0.3) is 5.91 Å². The maximum Gasteiger partial charge on any atom is 0.266 e. The highest BCUT2D eigenvalue weighted by Crippen LogP contribution is 2.26. The first-order valence-corrected chi connectivity index (χ1v) is 10.7. The van der Waals surface area contributed by atoms with E-state index < -0.39 is 5.91 Å². The molecule has 0 aliphatic heterocycles. The molecule has 1 aromatic heterocycles. The maximum absolute atomic E-state index is 12.7. The second-order valence-electron chi connectivity index (χ2n) is 6.95. The number of carbonyl (C=O) groups excluding carboxylic acids is 1. The van der Waals surface area contributed by atoms with Gasteiger partial charge in [-0.1, -0.05) is 63.9 Å². The Hall–Kier alpha value is -3.33. The van der Waals surface area contributed by atoms with Crippen molar-refractivity contribution < 1.29 is 4.79 Å². The van der Waals surface area contributed by atoms with Crippen LogP contribution in [-0.4, -0.2) is 10.5 Å². The Balaban J connectivity index is 1.68. The van der Waals surface area contributed by atoms with Gasteiger partial charge < -0.3 is 9.88 Å². The number of nitrogens with one attached hydrogen (secondary N) is 1. The van der Waals surface area contributed by atoms with Crippen molar-refractivity contribution in [3.05, 3.63) is 105 Å². The standard InChI is InChI=1S/C25H17BrClN3O/c26-20-9-11-21(12-10-20)29-25(31)18(14-28)13-19-16-30(24-8-4-2-6-22(19)24)15-17-5-1-3-7-23(17)27/h1-13,16H,15H2,(H,29,31)/b18-13+. The molecule has 152 valence electrons. The predicted molar refractivity (Wildman–Crippen MR) is 129 cm³/mol. The van der Waals surface area contributed by atoms with Gasteiger partial charge in [-0.15, -0.1) is 0 Å². The van der Waals surface area contributed by atoms with E-state index in [0.717, 1.165) is 26.5 Å². The second-order valence-corrected chi connectivity index (χ2v) is 8.27. The number of aromatic nitrogens is 1. The first-order valence-electron chi connectivity index (χ1n) is 9.55. The van der Waals surface area contributed by atoms with E-state index in [4.69, 9.17) is 11.6 Å². The molecule has 3 aromatic carbocycles. The van der Waals surface area contributed by atoms with Crippen LogP contribution in [0.1, 0.15) is 11.1 Å². The summed E-state index contributed by atoms with van der Waals surface area (Å²) in [6, 6.07) is 24.8. The fourth-order valence-corrected chi connectivity index (χ4v) is 3.83. The quantitative estimate of drug-likeness (QED) is 0.251. The number of hydrogen-bond acceptors (Lipinski definition) is 2. The minimum atomic E-state index is -0.451. The summed E-state index contributed by atoms with van der Waals surface area (Å²) in [7, 11) is 0. The van der Waals surface area contributed by atoms with Crippen LogP contribution >= 0.6 is 27.5 Å². The first-order chi connectivity index (χ1) is 15.0. The SMILES string of the molecule is N#C/C(=C\c1cn(Cc2ccccc2Cl)c2ccccc12)C(=O)Nc1ccc(Br)cc1. The van der Waals surface area contributed by atoms with E-state index in [2.05, 4.69) is 25.8 Å². The summed E-state index contributed by atoms with van der Waals surface area (Å²) in [4.78, 5) is 12.7. The average Bonchev–Trinajstić information content (AvgIpc) is 3.12. The highest BCUT2D eigenvalue weighted by Gasteiger charge is 2.13. The number of amides is 1. The van der Waals surface area contributed by atoms with Crippen LogP contribution in [0.3, 0.4) is 0 Å². The molecular weight excluding hydrogens is 474 g/mol. The number of rotatable bonds is 5. The molecule has 6 heteroatoms. The maximum atomic E-state index is 12.7. The predicted octanol–water partition coefficient (Wildman–Crippen LogP) is 6.65. The van der Waals surface area contributed by atoms with E-state index in [9.17, 15) is 10.1 Å². The second kappa shape index (κ2) is 9.22. The van der Waals surface area contributed by atoms with Crippen molar-refractivity contribution in [3.8, 4) is 6.07 Å². The van der Waals surface area contributed by atoms with E-state index in [-0.39, 0.29) is 5.57 Å². The van der Waals surface area contributed by atoms with Crippen molar-refractivity contribution in [1.29, 1.82) is 5.26 Å². The number of benzene rings is 3. The Kier molecular flexibility index (Phi) is 6.22. The third-order valence-electron chi connectivity index (χ3n) is 4.88. The molecule has 0 atom stereocenters. The van der Waals surface area contributed by atoms with Gasteiger partial charge in [-0.05, 0) is 48.0 Å². The molecule has 31 heavy (non-hydrogen) atoms. The smallest absolute Gasteiger partial charge is 0.266 e. The van der Waals surface area contributed by atoms with E-state index in [1.54, 1.807) is 18.2 Å². The van der Waals surface area contributed by atoms with Crippen LogP contribution in [0.5, 0.6) is 0 Å². The molecular formula is C25H17BrClN3O. The Morgan fingerprint density at radius 1 is 1.06 bits per heavy atom. The third-order valence-corrected chi connectivity index (χ3v) is 5.78.